The third-order valence-corrected chi connectivity index (χ3v) is 4.49. The van der Waals surface area contributed by atoms with Crippen LogP contribution in [0.1, 0.15) is 58.1 Å². The summed E-state index contributed by atoms with van der Waals surface area (Å²) in [5.41, 5.74) is 1.01. The van der Waals surface area contributed by atoms with Crippen molar-refractivity contribution < 1.29 is 9.15 Å². The Morgan fingerprint density at radius 1 is 1.17 bits per heavy atom. The summed E-state index contributed by atoms with van der Waals surface area (Å²) in [4.78, 5) is 2.37. The van der Waals surface area contributed by atoms with Crippen LogP contribution in [0.15, 0.2) is 34.7 Å². The quantitative estimate of drug-likeness (QED) is 0.859. The summed E-state index contributed by atoms with van der Waals surface area (Å²) in [6.07, 6.45) is 0.0734. The first-order valence-electron chi connectivity index (χ1n) is 8.50. The molecule has 1 atom stereocenters. The van der Waals surface area contributed by atoms with E-state index in [1.54, 1.807) is 0 Å². The van der Waals surface area contributed by atoms with E-state index in [2.05, 4.69) is 74.0 Å². The van der Waals surface area contributed by atoms with E-state index < -0.39 is 0 Å². The Balaban J connectivity index is 1.75. The van der Waals surface area contributed by atoms with Crippen molar-refractivity contribution in [2.24, 2.45) is 0 Å². The van der Waals surface area contributed by atoms with Crippen molar-refractivity contribution in [3.05, 3.63) is 47.7 Å². The Morgan fingerprint density at radius 2 is 1.88 bits per heavy atom. The van der Waals surface area contributed by atoms with Gasteiger partial charge in [-0.15, -0.1) is 10.2 Å². The Bertz CT molecular complexity index is 673. The summed E-state index contributed by atoms with van der Waals surface area (Å²) in [5, 5.41) is 8.44. The highest BCUT2D eigenvalue weighted by molar-refractivity contribution is 5.19. The van der Waals surface area contributed by atoms with Gasteiger partial charge in [-0.25, -0.2) is 0 Å². The molecule has 3 rings (SSSR count). The zero-order valence-corrected chi connectivity index (χ0v) is 15.2. The van der Waals surface area contributed by atoms with Gasteiger partial charge in [0.1, 0.15) is 0 Å². The van der Waals surface area contributed by atoms with Crippen LogP contribution in [0.4, 0.5) is 0 Å². The molecule has 2 aromatic rings. The summed E-state index contributed by atoms with van der Waals surface area (Å²) < 4.78 is 12.0. The molecule has 1 saturated heterocycles. The maximum absolute atomic E-state index is 6.10. The van der Waals surface area contributed by atoms with Crippen LogP contribution < -0.4 is 0 Å². The zero-order valence-electron chi connectivity index (χ0n) is 15.2. The molecule has 0 unspecified atom stereocenters. The smallest absolute Gasteiger partial charge is 0.230 e. The number of ether oxygens (including phenoxy) is 1. The van der Waals surface area contributed by atoms with Crippen molar-refractivity contribution in [3.8, 4) is 0 Å². The average molecular weight is 329 g/mol. The van der Waals surface area contributed by atoms with Crippen LogP contribution in [-0.2, 0) is 16.7 Å². The van der Waals surface area contributed by atoms with E-state index in [-0.39, 0.29) is 17.1 Å². The predicted molar refractivity (Wildman–Crippen MR) is 92.6 cm³/mol. The first kappa shape index (κ1) is 17.1. The first-order valence-corrected chi connectivity index (χ1v) is 8.50. The number of morpholine rings is 1. The van der Waals surface area contributed by atoms with E-state index in [0.29, 0.717) is 24.9 Å². The second-order valence-corrected chi connectivity index (χ2v) is 8.15. The molecule has 0 radical (unpaired) electrons. The number of rotatable bonds is 3. The van der Waals surface area contributed by atoms with Gasteiger partial charge in [0.05, 0.1) is 19.3 Å². The lowest BCUT2D eigenvalue weighted by Crippen LogP contribution is -2.53. The largest absolute Gasteiger partial charge is 0.423 e. The molecule has 5 nitrogen and oxygen atoms in total. The van der Waals surface area contributed by atoms with Crippen LogP contribution in [0.3, 0.4) is 0 Å². The number of hydrogen-bond acceptors (Lipinski definition) is 5. The van der Waals surface area contributed by atoms with Crippen molar-refractivity contribution >= 4 is 0 Å². The highest BCUT2D eigenvalue weighted by Gasteiger charge is 2.36. The SMILES string of the molecule is CC(C)(C)c1nnc(CN2C[C@H](c3ccccc3)OCC2(C)C)o1. The minimum atomic E-state index is -0.127. The van der Waals surface area contributed by atoms with Gasteiger partial charge < -0.3 is 9.15 Å². The minimum absolute atomic E-state index is 0.0678. The van der Waals surface area contributed by atoms with Crippen LogP contribution in [0, 0.1) is 0 Å². The van der Waals surface area contributed by atoms with Gasteiger partial charge in [-0.1, -0.05) is 51.1 Å². The normalized spacial score (nSPS) is 21.8. The monoisotopic (exact) mass is 329 g/mol. The van der Waals surface area contributed by atoms with Gasteiger partial charge in [-0.3, -0.25) is 4.90 Å². The summed E-state index contributed by atoms with van der Waals surface area (Å²) in [7, 11) is 0. The van der Waals surface area contributed by atoms with Gasteiger partial charge in [-0.2, -0.15) is 0 Å². The molecule has 0 spiro atoms. The third-order valence-electron chi connectivity index (χ3n) is 4.49. The molecule has 0 N–H and O–H groups in total. The van der Waals surface area contributed by atoms with Crippen LogP contribution in [-0.4, -0.2) is 33.8 Å². The lowest BCUT2D eigenvalue weighted by molar-refractivity contribution is -0.106. The van der Waals surface area contributed by atoms with Crippen LogP contribution in [0.2, 0.25) is 0 Å². The Morgan fingerprint density at radius 3 is 2.50 bits per heavy atom. The molecule has 130 valence electrons. The van der Waals surface area contributed by atoms with Crippen LogP contribution in [0.25, 0.3) is 0 Å². The van der Waals surface area contributed by atoms with Crippen molar-refractivity contribution in [2.45, 2.75) is 58.2 Å². The number of aromatic nitrogens is 2. The van der Waals surface area contributed by atoms with E-state index in [9.17, 15) is 0 Å². The molecule has 24 heavy (non-hydrogen) atoms. The van der Waals surface area contributed by atoms with Crippen LogP contribution in [0.5, 0.6) is 0 Å². The molecular weight excluding hydrogens is 302 g/mol. The maximum Gasteiger partial charge on any atom is 0.230 e. The highest BCUT2D eigenvalue weighted by Crippen LogP contribution is 2.31. The molecule has 2 heterocycles. The number of nitrogens with zero attached hydrogens (tertiary/aromatic N) is 3. The molecule has 1 aromatic heterocycles. The minimum Gasteiger partial charge on any atom is -0.423 e. The van der Waals surface area contributed by atoms with E-state index in [1.807, 2.05) is 6.07 Å². The summed E-state index contributed by atoms with van der Waals surface area (Å²) in [5.74, 6) is 1.35. The Kier molecular flexibility index (Phi) is 4.49. The van der Waals surface area contributed by atoms with E-state index >= 15 is 0 Å². The Hall–Kier alpha value is -1.72. The molecule has 0 amide bonds. The number of benzene rings is 1. The van der Waals surface area contributed by atoms with Gasteiger partial charge in [0.2, 0.25) is 11.8 Å². The summed E-state index contributed by atoms with van der Waals surface area (Å²) in [6.45, 7) is 12.7. The highest BCUT2D eigenvalue weighted by atomic mass is 16.5. The number of hydrogen-bond donors (Lipinski definition) is 0. The van der Waals surface area contributed by atoms with Gasteiger partial charge in [0.25, 0.3) is 0 Å². The molecule has 1 fully saturated rings. The first-order chi connectivity index (χ1) is 11.3. The fourth-order valence-corrected chi connectivity index (χ4v) is 2.83. The lowest BCUT2D eigenvalue weighted by atomic mass is 9.97. The van der Waals surface area contributed by atoms with Crippen molar-refractivity contribution in [3.63, 3.8) is 0 Å². The summed E-state index contributed by atoms with van der Waals surface area (Å²) >= 11 is 0. The molecule has 0 aliphatic carbocycles. The maximum atomic E-state index is 6.10. The van der Waals surface area contributed by atoms with Crippen molar-refractivity contribution in [1.29, 1.82) is 0 Å². The summed E-state index contributed by atoms with van der Waals surface area (Å²) in [6, 6.07) is 10.4. The molecule has 0 saturated carbocycles. The predicted octanol–water partition coefficient (Wildman–Crippen LogP) is 3.72. The molecule has 1 aromatic carbocycles. The fraction of sp³-hybridized carbons (Fsp3) is 0.579. The van der Waals surface area contributed by atoms with E-state index in [4.69, 9.17) is 9.15 Å². The molecule has 5 heteroatoms. The van der Waals surface area contributed by atoms with Gasteiger partial charge in [0, 0.05) is 17.5 Å². The average Bonchev–Trinajstić information content (AvgIpc) is 2.99. The second kappa shape index (κ2) is 6.30. The van der Waals surface area contributed by atoms with Gasteiger partial charge >= 0.3 is 0 Å². The standard InChI is InChI=1S/C19H27N3O2/c1-18(2,3)17-21-20-16(24-17)12-22-11-15(23-13-19(22,4)5)14-9-7-6-8-10-14/h6-10,15H,11-13H2,1-5H3/t15-/m1/s1. The fourth-order valence-electron chi connectivity index (χ4n) is 2.83. The molecular formula is C19H27N3O2. The van der Waals surface area contributed by atoms with Crippen molar-refractivity contribution in [1.82, 2.24) is 15.1 Å². The van der Waals surface area contributed by atoms with E-state index in [0.717, 1.165) is 6.54 Å². The van der Waals surface area contributed by atoms with Gasteiger partial charge in [0.15, 0.2) is 0 Å². The lowest BCUT2D eigenvalue weighted by Gasteiger charge is -2.44. The molecule has 1 aliphatic heterocycles. The zero-order chi connectivity index (χ0) is 17.4. The van der Waals surface area contributed by atoms with Gasteiger partial charge in [-0.05, 0) is 19.4 Å². The molecule has 0 bridgehead atoms. The second-order valence-electron chi connectivity index (χ2n) is 8.15. The van der Waals surface area contributed by atoms with E-state index in [1.165, 1.54) is 5.56 Å². The topological polar surface area (TPSA) is 51.4 Å². The molecule has 1 aliphatic rings. The van der Waals surface area contributed by atoms with Crippen LogP contribution >= 0.6 is 0 Å². The van der Waals surface area contributed by atoms with Crippen molar-refractivity contribution in [2.75, 3.05) is 13.2 Å². The third kappa shape index (κ3) is 3.68. The Labute approximate surface area is 144 Å².